The van der Waals surface area contributed by atoms with Crippen LogP contribution in [0.1, 0.15) is 22.3 Å². The highest BCUT2D eigenvalue weighted by atomic mass is 32.2. The van der Waals surface area contributed by atoms with E-state index in [9.17, 15) is 17.6 Å². The van der Waals surface area contributed by atoms with E-state index in [1.807, 2.05) is 37.3 Å². The van der Waals surface area contributed by atoms with Gasteiger partial charge in [0.2, 0.25) is 10.0 Å². The third-order valence-electron chi connectivity index (χ3n) is 6.11. The highest BCUT2D eigenvalue weighted by Gasteiger charge is 2.27. The van der Waals surface area contributed by atoms with Crippen molar-refractivity contribution in [3.63, 3.8) is 0 Å². The van der Waals surface area contributed by atoms with Gasteiger partial charge in [0, 0.05) is 12.1 Å². The molecule has 4 rings (SSSR count). The molecule has 0 unspecified atom stereocenters. The standard InChI is InChI=1S/C31H30FN3O5S/c1-23-12-15-27(16-13-23)41(37,38)35(20-26-10-6-7-11-28(26)32)21-31(36)34-33-19-25-14-17-29(30(18-25)39-2)40-22-24-8-4-3-5-9-24/h3-19H,20-22H2,1-2H3,(H,34,36)/b33-19-. The molecule has 4 aromatic rings. The van der Waals surface area contributed by atoms with Crippen molar-refractivity contribution in [2.75, 3.05) is 13.7 Å². The lowest BCUT2D eigenvalue weighted by Crippen LogP contribution is -2.39. The first-order valence-electron chi connectivity index (χ1n) is 12.7. The molecule has 10 heteroatoms. The molecule has 0 heterocycles. The number of sulfonamides is 1. The summed E-state index contributed by atoms with van der Waals surface area (Å²) in [5.41, 5.74) is 5.00. The second-order valence-corrected chi connectivity index (χ2v) is 11.1. The van der Waals surface area contributed by atoms with E-state index in [1.165, 1.54) is 43.7 Å². The van der Waals surface area contributed by atoms with Crippen LogP contribution in [0.2, 0.25) is 0 Å². The minimum Gasteiger partial charge on any atom is -0.493 e. The topological polar surface area (TPSA) is 97.3 Å². The van der Waals surface area contributed by atoms with Gasteiger partial charge in [-0.15, -0.1) is 0 Å². The lowest BCUT2D eigenvalue weighted by molar-refractivity contribution is -0.121. The number of nitrogens with zero attached hydrogens (tertiary/aromatic N) is 2. The molecule has 1 N–H and O–H groups in total. The summed E-state index contributed by atoms with van der Waals surface area (Å²) in [7, 11) is -2.60. The van der Waals surface area contributed by atoms with Gasteiger partial charge in [-0.2, -0.15) is 9.41 Å². The molecule has 0 radical (unpaired) electrons. The van der Waals surface area contributed by atoms with Gasteiger partial charge in [0.05, 0.1) is 24.8 Å². The van der Waals surface area contributed by atoms with Gasteiger partial charge < -0.3 is 9.47 Å². The van der Waals surface area contributed by atoms with Crippen molar-refractivity contribution in [1.82, 2.24) is 9.73 Å². The fourth-order valence-corrected chi connectivity index (χ4v) is 5.27. The molecular weight excluding hydrogens is 545 g/mol. The molecule has 0 atom stereocenters. The van der Waals surface area contributed by atoms with Crippen LogP contribution in [-0.2, 0) is 28.0 Å². The summed E-state index contributed by atoms with van der Waals surface area (Å²) in [5, 5.41) is 3.97. The maximum atomic E-state index is 14.4. The van der Waals surface area contributed by atoms with Crippen LogP contribution in [0.5, 0.6) is 11.5 Å². The van der Waals surface area contributed by atoms with Gasteiger partial charge >= 0.3 is 0 Å². The number of hydrazone groups is 1. The number of methoxy groups -OCH3 is 1. The summed E-state index contributed by atoms with van der Waals surface area (Å²) < 4.78 is 53.4. The lowest BCUT2D eigenvalue weighted by Gasteiger charge is -2.22. The van der Waals surface area contributed by atoms with E-state index in [0.29, 0.717) is 23.7 Å². The largest absolute Gasteiger partial charge is 0.493 e. The number of hydrogen-bond acceptors (Lipinski definition) is 6. The van der Waals surface area contributed by atoms with Crippen molar-refractivity contribution in [3.05, 3.63) is 125 Å². The van der Waals surface area contributed by atoms with E-state index in [2.05, 4.69) is 10.5 Å². The molecule has 0 aliphatic heterocycles. The Bertz CT molecular complexity index is 1610. The van der Waals surface area contributed by atoms with E-state index in [0.717, 1.165) is 15.4 Å². The van der Waals surface area contributed by atoms with Crippen molar-refractivity contribution in [2.45, 2.75) is 25.0 Å². The molecule has 0 aromatic heterocycles. The maximum Gasteiger partial charge on any atom is 0.255 e. The smallest absolute Gasteiger partial charge is 0.255 e. The van der Waals surface area contributed by atoms with Gasteiger partial charge in [0.15, 0.2) is 11.5 Å². The minimum atomic E-state index is -4.12. The zero-order valence-corrected chi connectivity index (χ0v) is 23.5. The maximum absolute atomic E-state index is 14.4. The number of carbonyl (C=O) groups is 1. The van der Waals surface area contributed by atoms with Crippen LogP contribution >= 0.6 is 0 Å². The zero-order chi connectivity index (χ0) is 29.2. The number of carbonyl (C=O) groups excluding carboxylic acids is 1. The molecule has 0 aliphatic carbocycles. The Kier molecular flexibility index (Phi) is 9.83. The second kappa shape index (κ2) is 13.7. The molecule has 4 aromatic carbocycles. The van der Waals surface area contributed by atoms with E-state index in [4.69, 9.17) is 9.47 Å². The van der Waals surface area contributed by atoms with Crippen LogP contribution in [0, 0.1) is 12.7 Å². The minimum absolute atomic E-state index is 0.00240. The van der Waals surface area contributed by atoms with Crippen molar-refractivity contribution in [3.8, 4) is 11.5 Å². The monoisotopic (exact) mass is 575 g/mol. The SMILES string of the molecule is COc1cc(/C=N\NC(=O)CN(Cc2ccccc2F)S(=O)(=O)c2ccc(C)cc2)ccc1OCc1ccccc1. The molecule has 1 amide bonds. The molecular formula is C31H30FN3O5S. The van der Waals surface area contributed by atoms with Gasteiger partial charge in [0.25, 0.3) is 5.91 Å². The molecule has 8 nitrogen and oxygen atoms in total. The Labute approximate surface area is 239 Å². The van der Waals surface area contributed by atoms with Crippen LogP contribution < -0.4 is 14.9 Å². The molecule has 0 saturated carbocycles. The average molecular weight is 576 g/mol. The van der Waals surface area contributed by atoms with Crippen LogP contribution in [0.4, 0.5) is 4.39 Å². The normalized spacial score (nSPS) is 11.5. The Balaban J connectivity index is 1.44. The number of nitrogens with one attached hydrogen (secondary N) is 1. The van der Waals surface area contributed by atoms with E-state index < -0.39 is 28.3 Å². The molecule has 0 saturated heterocycles. The van der Waals surface area contributed by atoms with Gasteiger partial charge in [-0.1, -0.05) is 66.2 Å². The highest BCUT2D eigenvalue weighted by molar-refractivity contribution is 7.89. The van der Waals surface area contributed by atoms with E-state index in [1.54, 1.807) is 36.4 Å². The summed E-state index contributed by atoms with van der Waals surface area (Å²) in [6.45, 7) is 1.30. The van der Waals surface area contributed by atoms with Crippen LogP contribution in [-0.4, -0.2) is 38.5 Å². The number of benzene rings is 4. The van der Waals surface area contributed by atoms with Gasteiger partial charge in [-0.3, -0.25) is 4.79 Å². The summed E-state index contributed by atoms with van der Waals surface area (Å²) in [5.74, 6) is -0.234. The first kappa shape index (κ1) is 29.4. The summed E-state index contributed by atoms with van der Waals surface area (Å²) >= 11 is 0. The fourth-order valence-electron chi connectivity index (χ4n) is 3.90. The molecule has 0 fully saturated rings. The number of amides is 1. The average Bonchev–Trinajstić information content (AvgIpc) is 2.98. The van der Waals surface area contributed by atoms with Crippen LogP contribution in [0.25, 0.3) is 0 Å². The van der Waals surface area contributed by atoms with Gasteiger partial charge in [-0.25, -0.2) is 18.2 Å². The van der Waals surface area contributed by atoms with E-state index in [-0.39, 0.29) is 17.0 Å². The summed E-state index contributed by atoms with van der Waals surface area (Å²) in [6.07, 6.45) is 1.40. The van der Waals surface area contributed by atoms with Crippen molar-refractivity contribution < 1.29 is 27.1 Å². The van der Waals surface area contributed by atoms with Gasteiger partial charge in [-0.05, 0) is 54.4 Å². The Morgan fingerprint density at radius 1 is 0.951 bits per heavy atom. The Morgan fingerprint density at radius 3 is 2.37 bits per heavy atom. The molecule has 0 bridgehead atoms. The van der Waals surface area contributed by atoms with Crippen molar-refractivity contribution in [2.24, 2.45) is 5.10 Å². The molecule has 0 aliphatic rings. The fraction of sp³-hybridized carbons (Fsp3) is 0.161. The van der Waals surface area contributed by atoms with Gasteiger partial charge in [0.1, 0.15) is 12.4 Å². The highest BCUT2D eigenvalue weighted by Crippen LogP contribution is 2.28. The third-order valence-corrected chi connectivity index (χ3v) is 7.92. The number of ether oxygens (including phenoxy) is 2. The van der Waals surface area contributed by atoms with E-state index >= 15 is 0 Å². The Morgan fingerprint density at radius 2 is 1.66 bits per heavy atom. The first-order valence-corrected chi connectivity index (χ1v) is 14.2. The third kappa shape index (κ3) is 8.00. The molecule has 41 heavy (non-hydrogen) atoms. The summed E-state index contributed by atoms with van der Waals surface area (Å²) in [6, 6.07) is 26.9. The number of aryl methyl sites for hydroxylation is 1. The number of hydrogen-bond donors (Lipinski definition) is 1. The van der Waals surface area contributed by atoms with Crippen molar-refractivity contribution in [1.29, 1.82) is 0 Å². The number of halogens is 1. The molecule has 212 valence electrons. The van der Waals surface area contributed by atoms with Crippen molar-refractivity contribution >= 4 is 22.1 Å². The second-order valence-electron chi connectivity index (χ2n) is 9.16. The Hall–Kier alpha value is -4.54. The number of rotatable bonds is 12. The summed E-state index contributed by atoms with van der Waals surface area (Å²) in [4.78, 5) is 12.8. The molecule has 0 spiro atoms. The predicted octanol–water partition coefficient (Wildman–Crippen LogP) is 5.06. The predicted molar refractivity (Wildman–Crippen MR) is 155 cm³/mol. The zero-order valence-electron chi connectivity index (χ0n) is 22.7. The first-order chi connectivity index (χ1) is 19.8. The quantitative estimate of drug-likeness (QED) is 0.188. The lowest BCUT2D eigenvalue weighted by atomic mass is 10.2. The van der Waals surface area contributed by atoms with Crippen LogP contribution in [0.3, 0.4) is 0 Å². The van der Waals surface area contributed by atoms with Crippen LogP contribution in [0.15, 0.2) is 107 Å².